The average Bonchev–Trinajstić information content (AvgIpc) is 2.99. The van der Waals surface area contributed by atoms with E-state index < -0.39 is 16.1 Å². The fourth-order valence-corrected chi connectivity index (χ4v) is 7.05. The van der Waals surface area contributed by atoms with Gasteiger partial charge in [0.1, 0.15) is 6.04 Å². The number of carbonyl (C=O) groups is 2. The Morgan fingerprint density at radius 3 is 2.25 bits per heavy atom. The molecule has 1 fully saturated rings. The number of nitrogens with zero attached hydrogens (tertiary/aromatic N) is 2. The van der Waals surface area contributed by atoms with Crippen molar-refractivity contribution < 1.29 is 18.0 Å². The standard InChI is InChI=1S/C36H47N3O4S/c1-27-21-22-29(3)33(24-27)39(44(4,42)43)23-13-20-35(40)38(26-31-17-12-11-14-28(31)2)34(25-30-15-7-5-8-16-30)36(41)37-32-18-9-6-10-19-32/h5,7-8,11-12,14-17,21-22,24,32,34H,6,9-10,13,18-20,23,25-26H2,1-4H3,(H,37,41)/t34-/m1/s1. The summed E-state index contributed by atoms with van der Waals surface area (Å²) in [5, 5.41) is 3.28. The van der Waals surface area contributed by atoms with Gasteiger partial charge in [0.05, 0.1) is 11.9 Å². The third-order valence-electron chi connectivity index (χ3n) is 8.61. The normalized spacial score (nSPS) is 14.5. The van der Waals surface area contributed by atoms with E-state index >= 15 is 0 Å². The number of benzene rings is 3. The molecule has 1 saturated carbocycles. The maximum absolute atomic E-state index is 14.2. The molecule has 236 valence electrons. The molecule has 0 unspecified atom stereocenters. The summed E-state index contributed by atoms with van der Waals surface area (Å²) in [6.07, 6.45) is 7.32. The summed E-state index contributed by atoms with van der Waals surface area (Å²) in [6, 6.07) is 22.9. The molecule has 0 heterocycles. The fourth-order valence-electron chi connectivity index (χ4n) is 6.04. The van der Waals surface area contributed by atoms with E-state index in [-0.39, 0.29) is 30.8 Å². The predicted molar refractivity (Wildman–Crippen MR) is 178 cm³/mol. The third kappa shape index (κ3) is 9.18. The Hall–Kier alpha value is -3.65. The van der Waals surface area contributed by atoms with Crippen LogP contribution in [0.4, 0.5) is 5.69 Å². The van der Waals surface area contributed by atoms with Gasteiger partial charge in [-0.1, -0.05) is 86.0 Å². The summed E-state index contributed by atoms with van der Waals surface area (Å²) < 4.78 is 27.1. The molecule has 1 atom stereocenters. The zero-order valence-electron chi connectivity index (χ0n) is 26.6. The van der Waals surface area contributed by atoms with Gasteiger partial charge in [-0.05, 0) is 73.9 Å². The largest absolute Gasteiger partial charge is 0.352 e. The highest BCUT2D eigenvalue weighted by Crippen LogP contribution is 2.25. The molecular formula is C36H47N3O4S. The average molecular weight is 618 g/mol. The van der Waals surface area contributed by atoms with E-state index in [9.17, 15) is 18.0 Å². The number of aryl methyl sites for hydroxylation is 3. The van der Waals surface area contributed by atoms with Gasteiger partial charge >= 0.3 is 0 Å². The first-order valence-corrected chi connectivity index (χ1v) is 17.6. The molecule has 7 nitrogen and oxygen atoms in total. The molecule has 0 radical (unpaired) electrons. The van der Waals surface area contributed by atoms with Crippen LogP contribution in [0.15, 0.2) is 72.8 Å². The van der Waals surface area contributed by atoms with E-state index in [0.717, 1.165) is 53.5 Å². The quantitative estimate of drug-likeness (QED) is 0.246. The van der Waals surface area contributed by atoms with Crippen LogP contribution in [0.1, 0.15) is 72.8 Å². The minimum Gasteiger partial charge on any atom is -0.352 e. The van der Waals surface area contributed by atoms with Gasteiger partial charge in [0.15, 0.2) is 0 Å². The SMILES string of the molecule is Cc1ccc(C)c(N(CCCC(=O)N(Cc2ccccc2C)[C@H](Cc2ccccc2)C(=O)NC2CCCCC2)S(C)(=O)=O)c1. The number of hydrogen-bond acceptors (Lipinski definition) is 4. The lowest BCUT2D eigenvalue weighted by Crippen LogP contribution is -2.53. The summed E-state index contributed by atoms with van der Waals surface area (Å²) in [4.78, 5) is 29.9. The number of sulfonamides is 1. The molecule has 0 spiro atoms. The first-order chi connectivity index (χ1) is 21.0. The lowest BCUT2D eigenvalue weighted by Gasteiger charge is -2.34. The number of amides is 2. The second-order valence-electron chi connectivity index (χ2n) is 12.2. The van der Waals surface area contributed by atoms with Crippen molar-refractivity contribution in [3.63, 3.8) is 0 Å². The van der Waals surface area contributed by atoms with Crippen molar-refractivity contribution in [3.8, 4) is 0 Å². The van der Waals surface area contributed by atoms with E-state index in [1.807, 2.05) is 93.6 Å². The van der Waals surface area contributed by atoms with Crippen LogP contribution in [0.5, 0.6) is 0 Å². The molecule has 44 heavy (non-hydrogen) atoms. The zero-order chi connectivity index (χ0) is 31.7. The van der Waals surface area contributed by atoms with Crippen molar-refractivity contribution in [1.29, 1.82) is 0 Å². The van der Waals surface area contributed by atoms with E-state index in [1.165, 1.54) is 17.0 Å². The van der Waals surface area contributed by atoms with Gasteiger partial charge in [0.2, 0.25) is 21.8 Å². The van der Waals surface area contributed by atoms with Crippen molar-refractivity contribution >= 4 is 27.5 Å². The molecule has 0 aliphatic heterocycles. The Labute approximate surface area is 263 Å². The van der Waals surface area contributed by atoms with E-state index in [1.54, 1.807) is 4.90 Å². The van der Waals surface area contributed by atoms with Gasteiger partial charge in [-0.2, -0.15) is 0 Å². The van der Waals surface area contributed by atoms with Gasteiger partial charge in [0, 0.05) is 32.0 Å². The van der Waals surface area contributed by atoms with Gasteiger partial charge in [-0.25, -0.2) is 8.42 Å². The van der Waals surface area contributed by atoms with Crippen molar-refractivity contribution in [3.05, 3.63) is 101 Å². The number of nitrogens with one attached hydrogen (secondary N) is 1. The molecule has 0 aromatic heterocycles. The van der Waals surface area contributed by atoms with E-state index in [0.29, 0.717) is 25.1 Å². The van der Waals surface area contributed by atoms with Gasteiger partial charge < -0.3 is 10.2 Å². The molecule has 1 aliphatic rings. The number of rotatable bonds is 13. The zero-order valence-corrected chi connectivity index (χ0v) is 27.4. The Morgan fingerprint density at radius 2 is 1.57 bits per heavy atom. The summed E-state index contributed by atoms with van der Waals surface area (Å²) in [6.45, 7) is 6.31. The lowest BCUT2D eigenvalue weighted by molar-refractivity contribution is -0.141. The Morgan fingerprint density at radius 1 is 0.886 bits per heavy atom. The first-order valence-electron chi connectivity index (χ1n) is 15.8. The van der Waals surface area contributed by atoms with Crippen LogP contribution < -0.4 is 9.62 Å². The number of anilines is 1. The molecule has 2 amide bonds. The fraction of sp³-hybridized carbons (Fsp3) is 0.444. The van der Waals surface area contributed by atoms with Crippen LogP contribution in [0.3, 0.4) is 0 Å². The molecule has 1 N–H and O–H groups in total. The molecule has 3 aromatic rings. The van der Waals surface area contributed by atoms with Gasteiger partial charge in [-0.15, -0.1) is 0 Å². The minimum atomic E-state index is -3.57. The Kier molecular flexibility index (Phi) is 11.6. The highest BCUT2D eigenvalue weighted by atomic mass is 32.2. The Bertz CT molecular complexity index is 1520. The molecule has 0 saturated heterocycles. The topological polar surface area (TPSA) is 86.8 Å². The summed E-state index contributed by atoms with van der Waals surface area (Å²) >= 11 is 0. The maximum atomic E-state index is 14.2. The second kappa shape index (κ2) is 15.4. The van der Waals surface area contributed by atoms with Crippen molar-refractivity contribution in [2.75, 3.05) is 17.1 Å². The molecule has 1 aliphatic carbocycles. The molecule has 0 bridgehead atoms. The van der Waals surface area contributed by atoms with Crippen LogP contribution in [-0.2, 0) is 32.6 Å². The number of carbonyl (C=O) groups excluding carboxylic acids is 2. The lowest BCUT2D eigenvalue weighted by atomic mass is 9.94. The molecule has 8 heteroatoms. The monoisotopic (exact) mass is 617 g/mol. The summed E-state index contributed by atoms with van der Waals surface area (Å²) in [7, 11) is -3.57. The van der Waals surface area contributed by atoms with Crippen LogP contribution in [-0.4, -0.2) is 50.0 Å². The van der Waals surface area contributed by atoms with Crippen molar-refractivity contribution in [2.24, 2.45) is 0 Å². The van der Waals surface area contributed by atoms with Crippen molar-refractivity contribution in [2.45, 2.75) is 90.8 Å². The van der Waals surface area contributed by atoms with Gasteiger partial charge in [-0.3, -0.25) is 13.9 Å². The minimum absolute atomic E-state index is 0.116. The van der Waals surface area contributed by atoms with Crippen LogP contribution in [0.25, 0.3) is 0 Å². The predicted octanol–water partition coefficient (Wildman–Crippen LogP) is 6.25. The molecular weight excluding hydrogens is 570 g/mol. The van der Waals surface area contributed by atoms with Crippen LogP contribution >= 0.6 is 0 Å². The third-order valence-corrected chi connectivity index (χ3v) is 9.79. The van der Waals surface area contributed by atoms with E-state index in [4.69, 9.17) is 0 Å². The first kappa shape index (κ1) is 33.2. The number of hydrogen-bond donors (Lipinski definition) is 1. The van der Waals surface area contributed by atoms with Crippen LogP contribution in [0.2, 0.25) is 0 Å². The molecule has 4 rings (SSSR count). The highest BCUT2D eigenvalue weighted by molar-refractivity contribution is 7.92. The van der Waals surface area contributed by atoms with Gasteiger partial charge in [0.25, 0.3) is 0 Å². The second-order valence-corrected chi connectivity index (χ2v) is 14.1. The van der Waals surface area contributed by atoms with Crippen molar-refractivity contribution in [1.82, 2.24) is 10.2 Å². The molecule has 3 aromatic carbocycles. The smallest absolute Gasteiger partial charge is 0.243 e. The summed E-state index contributed by atoms with van der Waals surface area (Å²) in [5.74, 6) is -0.293. The summed E-state index contributed by atoms with van der Waals surface area (Å²) in [5.41, 5.74) is 5.47. The highest BCUT2D eigenvalue weighted by Gasteiger charge is 2.32. The Balaban J connectivity index is 1.61. The maximum Gasteiger partial charge on any atom is 0.243 e. The van der Waals surface area contributed by atoms with E-state index in [2.05, 4.69) is 5.32 Å². The van der Waals surface area contributed by atoms with Crippen LogP contribution in [0, 0.1) is 20.8 Å².